The molecular weight excluding hydrogens is 338 g/mol. The van der Waals surface area contributed by atoms with Crippen molar-refractivity contribution < 1.29 is 9.90 Å². The maximum absolute atomic E-state index is 10.8. The predicted molar refractivity (Wildman–Crippen MR) is 77.8 cm³/mol. The molecule has 1 heterocycles. The molecule has 94 valence electrons. The molecule has 1 aromatic heterocycles. The Labute approximate surface area is 122 Å². The van der Waals surface area contributed by atoms with Gasteiger partial charge in [-0.2, -0.15) is 0 Å². The summed E-state index contributed by atoms with van der Waals surface area (Å²) >= 11 is 11.1. The van der Waals surface area contributed by atoms with E-state index in [4.69, 9.17) is 16.7 Å². The molecule has 0 bridgehead atoms. The summed E-state index contributed by atoms with van der Waals surface area (Å²) < 4.78 is 1.05. The molecular formula is C12H9BrClNO2S. The van der Waals surface area contributed by atoms with Crippen LogP contribution in [0.3, 0.4) is 0 Å². The maximum Gasteiger partial charge on any atom is 0.335 e. The predicted octanol–water partition coefficient (Wildman–Crippen LogP) is 4.47. The Morgan fingerprint density at radius 3 is 2.78 bits per heavy atom. The van der Waals surface area contributed by atoms with Crippen LogP contribution in [0.15, 0.2) is 34.1 Å². The number of carbonyl (C=O) groups is 1. The number of benzene rings is 1. The molecule has 2 aromatic rings. The van der Waals surface area contributed by atoms with Crippen molar-refractivity contribution in [3.8, 4) is 0 Å². The van der Waals surface area contributed by atoms with Crippen LogP contribution in [-0.2, 0) is 6.54 Å². The number of nitrogens with one attached hydrogen (secondary N) is 1. The summed E-state index contributed by atoms with van der Waals surface area (Å²) in [7, 11) is 0. The number of hydrogen-bond acceptors (Lipinski definition) is 3. The van der Waals surface area contributed by atoms with Gasteiger partial charge in [0.15, 0.2) is 0 Å². The first-order valence-electron chi connectivity index (χ1n) is 5.06. The molecule has 0 aliphatic rings. The lowest BCUT2D eigenvalue weighted by Crippen LogP contribution is -2.01. The van der Waals surface area contributed by atoms with Crippen molar-refractivity contribution in [2.45, 2.75) is 6.54 Å². The van der Waals surface area contributed by atoms with E-state index in [-0.39, 0.29) is 5.56 Å². The Bertz CT molecular complexity index is 585. The molecule has 0 unspecified atom stereocenters. The average Bonchev–Trinajstić information content (AvgIpc) is 2.73. The lowest BCUT2D eigenvalue weighted by Gasteiger charge is -2.08. The van der Waals surface area contributed by atoms with E-state index in [2.05, 4.69) is 21.2 Å². The number of hydrogen-bond donors (Lipinski definition) is 2. The third-order valence-electron chi connectivity index (χ3n) is 2.35. The molecule has 18 heavy (non-hydrogen) atoms. The van der Waals surface area contributed by atoms with Crippen molar-refractivity contribution in [2.24, 2.45) is 0 Å². The van der Waals surface area contributed by atoms with Gasteiger partial charge < -0.3 is 10.4 Å². The molecule has 0 aliphatic heterocycles. The zero-order valence-electron chi connectivity index (χ0n) is 9.11. The van der Waals surface area contributed by atoms with E-state index in [1.807, 2.05) is 11.4 Å². The molecule has 0 spiro atoms. The van der Waals surface area contributed by atoms with Gasteiger partial charge in [0.1, 0.15) is 0 Å². The van der Waals surface area contributed by atoms with Crippen LogP contribution >= 0.6 is 38.9 Å². The zero-order chi connectivity index (χ0) is 13.1. The molecule has 0 aliphatic carbocycles. The second-order valence-electron chi connectivity index (χ2n) is 3.55. The lowest BCUT2D eigenvalue weighted by molar-refractivity contribution is 0.0697. The first kappa shape index (κ1) is 13.4. The molecule has 0 saturated heterocycles. The van der Waals surface area contributed by atoms with Gasteiger partial charge in [0.05, 0.1) is 22.8 Å². The average molecular weight is 347 g/mol. The van der Waals surface area contributed by atoms with Crippen LogP contribution < -0.4 is 5.32 Å². The van der Waals surface area contributed by atoms with Crippen LogP contribution in [0.5, 0.6) is 0 Å². The van der Waals surface area contributed by atoms with E-state index in [0.29, 0.717) is 11.6 Å². The van der Waals surface area contributed by atoms with Gasteiger partial charge in [-0.05, 0) is 45.6 Å². The highest BCUT2D eigenvalue weighted by molar-refractivity contribution is 9.10. The topological polar surface area (TPSA) is 49.3 Å². The van der Waals surface area contributed by atoms with Crippen LogP contribution in [0.4, 0.5) is 5.69 Å². The molecule has 2 N–H and O–H groups in total. The van der Waals surface area contributed by atoms with Gasteiger partial charge >= 0.3 is 5.97 Å². The minimum absolute atomic E-state index is 0.183. The summed E-state index contributed by atoms with van der Waals surface area (Å²) in [6.45, 7) is 0.643. The summed E-state index contributed by atoms with van der Waals surface area (Å²) in [5, 5.41) is 14.4. The Kier molecular flexibility index (Phi) is 4.27. The monoisotopic (exact) mass is 345 g/mol. The van der Waals surface area contributed by atoms with Crippen molar-refractivity contribution in [1.29, 1.82) is 0 Å². The fraction of sp³-hybridized carbons (Fsp3) is 0.0833. The SMILES string of the molecule is O=C(O)c1ccc(NCc2sccc2Br)c(Cl)c1. The molecule has 2 rings (SSSR count). The van der Waals surface area contributed by atoms with E-state index in [0.717, 1.165) is 15.0 Å². The Morgan fingerprint density at radius 2 is 2.22 bits per heavy atom. The number of aromatic carboxylic acids is 1. The van der Waals surface area contributed by atoms with Gasteiger partial charge in [-0.15, -0.1) is 11.3 Å². The molecule has 0 atom stereocenters. The van der Waals surface area contributed by atoms with Crippen LogP contribution in [0.1, 0.15) is 15.2 Å². The minimum Gasteiger partial charge on any atom is -0.478 e. The normalized spacial score (nSPS) is 10.3. The Hall–Kier alpha value is -1.04. The molecule has 1 aromatic carbocycles. The second kappa shape index (κ2) is 5.73. The smallest absolute Gasteiger partial charge is 0.335 e. The highest BCUT2D eigenvalue weighted by atomic mass is 79.9. The number of halogens is 2. The third-order valence-corrected chi connectivity index (χ3v) is 4.59. The number of carboxylic acid groups (broad SMARTS) is 1. The van der Waals surface area contributed by atoms with Crippen LogP contribution in [0.2, 0.25) is 5.02 Å². The molecule has 0 saturated carbocycles. The van der Waals surface area contributed by atoms with Gasteiger partial charge in [0.25, 0.3) is 0 Å². The van der Waals surface area contributed by atoms with E-state index in [1.54, 1.807) is 17.4 Å². The van der Waals surface area contributed by atoms with E-state index in [1.165, 1.54) is 12.1 Å². The highest BCUT2D eigenvalue weighted by Gasteiger charge is 2.07. The third kappa shape index (κ3) is 3.04. The van der Waals surface area contributed by atoms with Gasteiger partial charge in [-0.25, -0.2) is 4.79 Å². The van der Waals surface area contributed by atoms with Crippen LogP contribution in [-0.4, -0.2) is 11.1 Å². The van der Waals surface area contributed by atoms with E-state index >= 15 is 0 Å². The Morgan fingerprint density at radius 1 is 1.44 bits per heavy atom. The molecule has 0 radical (unpaired) electrons. The number of carboxylic acids is 1. The van der Waals surface area contributed by atoms with Gasteiger partial charge in [0, 0.05) is 9.35 Å². The van der Waals surface area contributed by atoms with Crippen molar-refractivity contribution in [1.82, 2.24) is 0 Å². The Balaban J connectivity index is 2.11. The van der Waals surface area contributed by atoms with Crippen molar-refractivity contribution in [2.75, 3.05) is 5.32 Å². The first-order chi connectivity index (χ1) is 8.58. The van der Waals surface area contributed by atoms with Crippen LogP contribution in [0.25, 0.3) is 0 Å². The summed E-state index contributed by atoms with van der Waals surface area (Å²) in [5.41, 5.74) is 0.907. The highest BCUT2D eigenvalue weighted by Crippen LogP contribution is 2.27. The van der Waals surface area contributed by atoms with Crippen molar-refractivity contribution >= 4 is 50.5 Å². The first-order valence-corrected chi connectivity index (χ1v) is 7.11. The summed E-state index contributed by atoms with van der Waals surface area (Å²) in [5.74, 6) is -0.982. The molecule has 0 amide bonds. The minimum atomic E-state index is -0.982. The summed E-state index contributed by atoms with van der Waals surface area (Å²) in [4.78, 5) is 11.9. The van der Waals surface area contributed by atoms with Crippen molar-refractivity contribution in [3.63, 3.8) is 0 Å². The molecule has 6 heteroatoms. The van der Waals surface area contributed by atoms with E-state index < -0.39 is 5.97 Å². The zero-order valence-corrected chi connectivity index (χ0v) is 12.3. The largest absolute Gasteiger partial charge is 0.478 e. The summed E-state index contributed by atoms with van der Waals surface area (Å²) in [6, 6.07) is 6.62. The lowest BCUT2D eigenvalue weighted by atomic mass is 10.2. The number of anilines is 1. The fourth-order valence-corrected chi connectivity index (χ4v) is 3.10. The fourth-order valence-electron chi connectivity index (χ4n) is 1.42. The molecule has 3 nitrogen and oxygen atoms in total. The van der Waals surface area contributed by atoms with E-state index in [9.17, 15) is 4.79 Å². The van der Waals surface area contributed by atoms with Crippen LogP contribution in [0, 0.1) is 0 Å². The number of thiophene rings is 1. The number of rotatable bonds is 4. The maximum atomic E-state index is 10.8. The molecule has 0 fully saturated rings. The van der Waals surface area contributed by atoms with Gasteiger partial charge in [0.2, 0.25) is 0 Å². The van der Waals surface area contributed by atoms with Gasteiger partial charge in [-0.1, -0.05) is 11.6 Å². The van der Waals surface area contributed by atoms with Crippen molar-refractivity contribution in [3.05, 3.63) is 49.6 Å². The van der Waals surface area contributed by atoms with Gasteiger partial charge in [-0.3, -0.25) is 0 Å². The quantitative estimate of drug-likeness (QED) is 0.858. The second-order valence-corrected chi connectivity index (χ2v) is 5.81. The summed E-state index contributed by atoms with van der Waals surface area (Å²) in [6.07, 6.45) is 0. The standard InChI is InChI=1S/C12H9BrClNO2S/c13-8-3-4-18-11(8)6-15-10-2-1-7(12(16)17)5-9(10)14/h1-5,15H,6H2,(H,16,17).